The Morgan fingerprint density at radius 2 is 1.74 bits per heavy atom. The Labute approximate surface area is 227 Å². The first-order chi connectivity index (χ1) is 18.9. The van der Waals surface area contributed by atoms with Gasteiger partial charge >= 0.3 is 5.97 Å². The average molecular weight is 534 g/mol. The van der Waals surface area contributed by atoms with Gasteiger partial charge in [-0.2, -0.15) is 0 Å². The molecule has 0 spiro atoms. The fourth-order valence-corrected chi connectivity index (χ4v) is 5.40. The molecule has 1 aliphatic heterocycles. The molecule has 7 nitrogen and oxygen atoms in total. The van der Waals surface area contributed by atoms with Crippen LogP contribution in [0.1, 0.15) is 54.0 Å². The molecule has 39 heavy (non-hydrogen) atoms. The number of nitrogens with zero attached hydrogens (tertiary/aromatic N) is 1. The lowest BCUT2D eigenvalue weighted by Gasteiger charge is -2.37. The SMILES string of the molecule is COc1ccc2c(c1OCc1ccccc1)C[C@H](C(=O)O)N(C(=O)C(OC1CCCC1)c1ccc(F)cc1)C2. The summed E-state index contributed by atoms with van der Waals surface area (Å²) in [7, 11) is 1.54. The highest BCUT2D eigenvalue weighted by Gasteiger charge is 2.41. The van der Waals surface area contributed by atoms with Crippen LogP contribution in [0.5, 0.6) is 11.5 Å². The van der Waals surface area contributed by atoms with E-state index in [0.29, 0.717) is 22.6 Å². The molecule has 1 fully saturated rings. The third-order valence-electron chi connectivity index (χ3n) is 7.48. The second-order valence-electron chi connectivity index (χ2n) is 10.0. The van der Waals surface area contributed by atoms with E-state index < -0.39 is 29.8 Å². The highest BCUT2D eigenvalue weighted by atomic mass is 19.1. The van der Waals surface area contributed by atoms with Crippen molar-refractivity contribution < 1.29 is 33.3 Å². The van der Waals surface area contributed by atoms with E-state index in [4.69, 9.17) is 14.2 Å². The summed E-state index contributed by atoms with van der Waals surface area (Å²) in [5, 5.41) is 10.2. The van der Waals surface area contributed by atoms with Crippen LogP contribution in [0.2, 0.25) is 0 Å². The van der Waals surface area contributed by atoms with Crippen molar-refractivity contribution in [3.05, 3.63) is 94.8 Å². The normalized spacial score (nSPS) is 17.9. The number of carboxylic acid groups (broad SMARTS) is 1. The fraction of sp³-hybridized carbons (Fsp3) is 0.355. The number of methoxy groups -OCH3 is 1. The van der Waals surface area contributed by atoms with Crippen LogP contribution in [0.15, 0.2) is 66.7 Å². The quantitative estimate of drug-likeness (QED) is 0.394. The molecule has 8 heteroatoms. The van der Waals surface area contributed by atoms with E-state index in [1.807, 2.05) is 36.4 Å². The third kappa shape index (κ3) is 5.91. The number of fused-ring (bicyclic) bond motifs is 1. The standard InChI is InChI=1S/C31H32FNO6/c1-37-27-16-13-22-18-33(26(31(35)36)17-25(22)29(27)38-19-20-7-3-2-4-8-20)30(34)28(39-24-9-5-6-10-24)21-11-14-23(32)15-12-21/h2-4,7-8,11-16,24,26,28H,5-6,9-10,17-19H2,1H3,(H,35,36)/t26-,28?/m1/s1. The largest absolute Gasteiger partial charge is 0.493 e. The van der Waals surface area contributed by atoms with Gasteiger partial charge in [0, 0.05) is 18.5 Å². The lowest BCUT2D eigenvalue weighted by Crippen LogP contribution is -2.50. The number of hydrogen-bond acceptors (Lipinski definition) is 5. The molecule has 3 aromatic carbocycles. The maximum atomic E-state index is 14.0. The minimum Gasteiger partial charge on any atom is -0.493 e. The third-order valence-corrected chi connectivity index (χ3v) is 7.48. The Balaban J connectivity index is 1.46. The molecule has 1 amide bonds. The predicted octanol–water partition coefficient (Wildman–Crippen LogP) is 5.45. The zero-order chi connectivity index (χ0) is 27.4. The van der Waals surface area contributed by atoms with Gasteiger partial charge in [-0.25, -0.2) is 9.18 Å². The van der Waals surface area contributed by atoms with Crippen molar-refractivity contribution >= 4 is 11.9 Å². The Kier molecular flexibility index (Phi) is 8.12. The van der Waals surface area contributed by atoms with Gasteiger partial charge < -0.3 is 24.2 Å². The monoisotopic (exact) mass is 533 g/mol. The van der Waals surface area contributed by atoms with Crippen LogP contribution in [0.25, 0.3) is 0 Å². The molecule has 1 aliphatic carbocycles. The average Bonchev–Trinajstić information content (AvgIpc) is 3.48. The minimum atomic E-state index is -1.13. The molecule has 0 aromatic heterocycles. The maximum Gasteiger partial charge on any atom is 0.326 e. The summed E-state index contributed by atoms with van der Waals surface area (Å²) in [6.45, 7) is 0.360. The Morgan fingerprint density at radius 1 is 1.03 bits per heavy atom. The summed E-state index contributed by atoms with van der Waals surface area (Å²) in [6, 6.07) is 17.8. The highest BCUT2D eigenvalue weighted by molar-refractivity contribution is 5.88. The second-order valence-corrected chi connectivity index (χ2v) is 10.0. The van der Waals surface area contributed by atoms with Gasteiger partial charge in [0.25, 0.3) is 5.91 Å². The Morgan fingerprint density at radius 3 is 2.41 bits per heavy atom. The van der Waals surface area contributed by atoms with Gasteiger partial charge in [-0.15, -0.1) is 0 Å². The predicted molar refractivity (Wildman–Crippen MR) is 142 cm³/mol. The van der Waals surface area contributed by atoms with E-state index in [1.54, 1.807) is 6.07 Å². The summed E-state index contributed by atoms with van der Waals surface area (Å²) < 4.78 is 31.7. The number of rotatable bonds is 9. The number of carbonyl (C=O) groups is 2. The summed E-state index contributed by atoms with van der Waals surface area (Å²) >= 11 is 0. The maximum absolute atomic E-state index is 14.0. The van der Waals surface area contributed by atoms with Crippen LogP contribution in [0.4, 0.5) is 4.39 Å². The topological polar surface area (TPSA) is 85.3 Å². The summed E-state index contributed by atoms with van der Waals surface area (Å²) in [4.78, 5) is 27.9. The van der Waals surface area contributed by atoms with Crippen LogP contribution in [-0.4, -0.2) is 41.1 Å². The molecule has 2 atom stereocenters. The van der Waals surface area contributed by atoms with Gasteiger partial charge in [0.05, 0.1) is 13.2 Å². The number of amides is 1. The summed E-state index contributed by atoms with van der Waals surface area (Å²) in [5.74, 6) is -1.01. The van der Waals surface area contributed by atoms with E-state index in [9.17, 15) is 19.1 Å². The number of halogens is 1. The van der Waals surface area contributed by atoms with E-state index in [0.717, 1.165) is 36.8 Å². The number of ether oxygens (including phenoxy) is 3. The molecule has 0 radical (unpaired) electrons. The Hall–Kier alpha value is -3.91. The lowest BCUT2D eigenvalue weighted by atomic mass is 9.91. The number of benzene rings is 3. The van der Waals surface area contributed by atoms with Crippen molar-refractivity contribution in [3.63, 3.8) is 0 Å². The molecular weight excluding hydrogens is 501 g/mol. The molecular formula is C31H32FNO6. The second kappa shape index (κ2) is 11.9. The molecule has 1 heterocycles. The Bertz CT molecular complexity index is 1310. The van der Waals surface area contributed by atoms with Gasteiger partial charge in [0.15, 0.2) is 17.6 Å². The number of aliphatic carboxylic acids is 1. The molecule has 1 unspecified atom stereocenters. The van der Waals surface area contributed by atoms with E-state index >= 15 is 0 Å². The summed E-state index contributed by atoms with van der Waals surface area (Å²) in [5.41, 5.74) is 2.95. The van der Waals surface area contributed by atoms with Crippen molar-refractivity contribution in [1.82, 2.24) is 4.90 Å². The first kappa shape index (κ1) is 26.7. The zero-order valence-electron chi connectivity index (χ0n) is 21.8. The molecule has 5 rings (SSSR count). The van der Waals surface area contributed by atoms with Crippen molar-refractivity contribution in [1.29, 1.82) is 0 Å². The van der Waals surface area contributed by atoms with Crippen LogP contribution in [0, 0.1) is 5.82 Å². The van der Waals surface area contributed by atoms with Crippen LogP contribution in [0.3, 0.4) is 0 Å². The van der Waals surface area contributed by atoms with Gasteiger partial charge in [-0.05, 0) is 47.7 Å². The van der Waals surface area contributed by atoms with Crippen molar-refractivity contribution in [2.45, 2.75) is 63.5 Å². The molecule has 2 aliphatic rings. The number of hydrogen-bond donors (Lipinski definition) is 1. The van der Waals surface area contributed by atoms with Crippen LogP contribution >= 0.6 is 0 Å². The van der Waals surface area contributed by atoms with Crippen molar-refractivity contribution in [3.8, 4) is 11.5 Å². The minimum absolute atomic E-state index is 0.0529. The zero-order valence-corrected chi connectivity index (χ0v) is 21.8. The molecule has 3 aromatic rings. The highest BCUT2D eigenvalue weighted by Crippen LogP contribution is 2.40. The molecule has 204 valence electrons. The van der Waals surface area contributed by atoms with E-state index in [1.165, 1.54) is 36.3 Å². The lowest BCUT2D eigenvalue weighted by molar-refractivity contribution is -0.160. The first-order valence-electron chi connectivity index (χ1n) is 13.2. The van der Waals surface area contributed by atoms with E-state index in [2.05, 4.69) is 0 Å². The van der Waals surface area contributed by atoms with Gasteiger partial charge in [-0.1, -0.05) is 61.4 Å². The number of carbonyl (C=O) groups excluding carboxylic acids is 1. The van der Waals surface area contributed by atoms with E-state index in [-0.39, 0.29) is 25.7 Å². The molecule has 0 bridgehead atoms. The first-order valence-corrected chi connectivity index (χ1v) is 13.2. The van der Waals surface area contributed by atoms with Crippen LogP contribution in [-0.2, 0) is 33.9 Å². The fourth-order valence-electron chi connectivity index (χ4n) is 5.40. The van der Waals surface area contributed by atoms with Crippen molar-refractivity contribution in [2.75, 3.05) is 7.11 Å². The van der Waals surface area contributed by atoms with Crippen molar-refractivity contribution in [2.24, 2.45) is 0 Å². The van der Waals surface area contributed by atoms with Crippen LogP contribution < -0.4 is 9.47 Å². The van der Waals surface area contributed by atoms with Gasteiger partial charge in [0.2, 0.25) is 0 Å². The molecule has 1 saturated carbocycles. The summed E-state index contributed by atoms with van der Waals surface area (Å²) in [6.07, 6.45) is 2.61. The van der Waals surface area contributed by atoms with Gasteiger partial charge in [0.1, 0.15) is 18.5 Å². The van der Waals surface area contributed by atoms with Gasteiger partial charge in [-0.3, -0.25) is 4.79 Å². The molecule has 0 saturated heterocycles. The smallest absolute Gasteiger partial charge is 0.326 e. The number of carboxylic acids is 1. The molecule has 1 N–H and O–H groups in total.